The number of benzene rings is 1. The molecule has 0 spiro atoms. The van der Waals surface area contributed by atoms with E-state index >= 15 is 0 Å². The van der Waals surface area contributed by atoms with E-state index in [1.54, 1.807) is 24.3 Å². The standard InChI is InChI=1S/C15H16FNO2/c1-11-2-7-14(19-11)8-9-17-15(18)13-5-3-12(10-16)4-6-13/h2-7H,8-10H2,1H3,(H,17,18). The fraction of sp³-hybridized carbons (Fsp3) is 0.267. The predicted molar refractivity (Wildman–Crippen MR) is 70.7 cm³/mol. The van der Waals surface area contributed by atoms with Gasteiger partial charge in [-0.25, -0.2) is 4.39 Å². The van der Waals surface area contributed by atoms with Crippen LogP contribution in [0.15, 0.2) is 40.8 Å². The quantitative estimate of drug-likeness (QED) is 0.899. The van der Waals surface area contributed by atoms with Gasteiger partial charge in [0.15, 0.2) is 0 Å². The summed E-state index contributed by atoms with van der Waals surface area (Å²) in [6.07, 6.45) is 0.655. The molecule has 0 saturated carbocycles. The normalized spacial score (nSPS) is 10.4. The van der Waals surface area contributed by atoms with Crippen molar-refractivity contribution in [3.8, 4) is 0 Å². The summed E-state index contributed by atoms with van der Waals surface area (Å²) >= 11 is 0. The first-order valence-corrected chi connectivity index (χ1v) is 6.17. The van der Waals surface area contributed by atoms with Crippen LogP contribution in [0.4, 0.5) is 4.39 Å². The number of carbonyl (C=O) groups excluding carboxylic acids is 1. The van der Waals surface area contributed by atoms with E-state index in [2.05, 4.69) is 5.32 Å². The number of rotatable bonds is 5. The van der Waals surface area contributed by atoms with Crippen LogP contribution in [0, 0.1) is 6.92 Å². The van der Waals surface area contributed by atoms with Crippen LogP contribution in [0.5, 0.6) is 0 Å². The highest BCUT2D eigenvalue weighted by molar-refractivity contribution is 5.94. The molecule has 1 heterocycles. The summed E-state index contributed by atoms with van der Waals surface area (Å²) in [5.41, 5.74) is 1.11. The van der Waals surface area contributed by atoms with Gasteiger partial charge in [-0.3, -0.25) is 4.79 Å². The van der Waals surface area contributed by atoms with Crippen molar-refractivity contribution >= 4 is 5.91 Å². The zero-order chi connectivity index (χ0) is 13.7. The third kappa shape index (κ3) is 3.68. The molecule has 0 fully saturated rings. The zero-order valence-electron chi connectivity index (χ0n) is 10.8. The number of carbonyl (C=O) groups is 1. The number of hydrogen-bond acceptors (Lipinski definition) is 2. The molecule has 1 aromatic carbocycles. The number of furan rings is 1. The second-order valence-electron chi connectivity index (χ2n) is 4.35. The highest BCUT2D eigenvalue weighted by atomic mass is 19.1. The minimum absolute atomic E-state index is 0.159. The molecule has 4 heteroatoms. The molecule has 0 unspecified atom stereocenters. The van der Waals surface area contributed by atoms with Gasteiger partial charge in [0.25, 0.3) is 5.91 Å². The Morgan fingerprint density at radius 3 is 2.53 bits per heavy atom. The summed E-state index contributed by atoms with van der Waals surface area (Å²) in [5, 5.41) is 2.80. The van der Waals surface area contributed by atoms with E-state index in [0.717, 1.165) is 11.5 Å². The Balaban J connectivity index is 1.83. The SMILES string of the molecule is Cc1ccc(CCNC(=O)c2ccc(CF)cc2)o1. The van der Waals surface area contributed by atoms with Crippen molar-refractivity contribution < 1.29 is 13.6 Å². The van der Waals surface area contributed by atoms with Crippen LogP contribution in [0.2, 0.25) is 0 Å². The molecular weight excluding hydrogens is 245 g/mol. The molecule has 0 radical (unpaired) electrons. The maximum Gasteiger partial charge on any atom is 0.251 e. The lowest BCUT2D eigenvalue weighted by atomic mass is 10.1. The second-order valence-corrected chi connectivity index (χ2v) is 4.35. The van der Waals surface area contributed by atoms with Crippen LogP contribution < -0.4 is 5.32 Å². The van der Waals surface area contributed by atoms with Gasteiger partial charge in [-0.1, -0.05) is 12.1 Å². The van der Waals surface area contributed by atoms with Crippen molar-refractivity contribution in [1.82, 2.24) is 5.32 Å². The van der Waals surface area contributed by atoms with E-state index in [4.69, 9.17) is 4.42 Å². The minimum atomic E-state index is -0.514. The van der Waals surface area contributed by atoms with Crippen LogP contribution in [0.25, 0.3) is 0 Å². The van der Waals surface area contributed by atoms with E-state index in [9.17, 15) is 9.18 Å². The zero-order valence-corrected chi connectivity index (χ0v) is 10.8. The lowest BCUT2D eigenvalue weighted by molar-refractivity contribution is 0.0953. The summed E-state index contributed by atoms with van der Waals surface area (Å²) in [6, 6.07) is 10.3. The number of hydrogen-bond donors (Lipinski definition) is 1. The molecule has 1 aromatic heterocycles. The van der Waals surface area contributed by atoms with E-state index in [0.29, 0.717) is 24.1 Å². The maximum absolute atomic E-state index is 12.3. The molecule has 0 saturated heterocycles. The van der Waals surface area contributed by atoms with Gasteiger partial charge in [-0.05, 0) is 36.8 Å². The lowest BCUT2D eigenvalue weighted by Crippen LogP contribution is -2.25. The molecule has 100 valence electrons. The van der Waals surface area contributed by atoms with Gasteiger partial charge in [0.1, 0.15) is 18.2 Å². The Bertz CT molecular complexity index is 546. The first-order chi connectivity index (χ1) is 9.19. The van der Waals surface area contributed by atoms with Crippen molar-refractivity contribution in [2.24, 2.45) is 0 Å². The monoisotopic (exact) mass is 261 g/mol. The van der Waals surface area contributed by atoms with Gasteiger partial charge >= 0.3 is 0 Å². The molecule has 0 bridgehead atoms. The number of nitrogens with one attached hydrogen (secondary N) is 1. The molecule has 0 aliphatic heterocycles. The second kappa shape index (κ2) is 6.18. The highest BCUT2D eigenvalue weighted by Gasteiger charge is 2.05. The van der Waals surface area contributed by atoms with E-state index in [1.807, 2.05) is 19.1 Å². The molecule has 2 aromatic rings. The molecule has 3 nitrogen and oxygen atoms in total. The molecular formula is C15H16FNO2. The van der Waals surface area contributed by atoms with Crippen LogP contribution in [-0.4, -0.2) is 12.5 Å². The Morgan fingerprint density at radius 2 is 1.95 bits per heavy atom. The minimum Gasteiger partial charge on any atom is -0.466 e. The van der Waals surface area contributed by atoms with E-state index < -0.39 is 6.67 Å². The van der Waals surface area contributed by atoms with Gasteiger partial charge in [0, 0.05) is 18.5 Å². The third-order valence-electron chi connectivity index (χ3n) is 2.82. The average Bonchev–Trinajstić information content (AvgIpc) is 2.84. The molecule has 2 rings (SSSR count). The van der Waals surface area contributed by atoms with Crippen molar-refractivity contribution in [2.45, 2.75) is 20.0 Å². The first kappa shape index (κ1) is 13.3. The van der Waals surface area contributed by atoms with E-state index in [-0.39, 0.29) is 5.91 Å². The lowest BCUT2D eigenvalue weighted by Gasteiger charge is -2.04. The molecule has 1 N–H and O–H groups in total. The van der Waals surface area contributed by atoms with Crippen LogP contribution in [0.1, 0.15) is 27.4 Å². The van der Waals surface area contributed by atoms with Gasteiger partial charge in [0.05, 0.1) is 0 Å². The Kier molecular flexibility index (Phi) is 4.34. The fourth-order valence-electron chi connectivity index (χ4n) is 1.77. The predicted octanol–water partition coefficient (Wildman–Crippen LogP) is 3.03. The van der Waals surface area contributed by atoms with Gasteiger partial charge in [-0.15, -0.1) is 0 Å². The summed E-state index contributed by atoms with van der Waals surface area (Å²) < 4.78 is 17.7. The van der Waals surface area contributed by atoms with Crippen LogP contribution in [0.3, 0.4) is 0 Å². The Hall–Kier alpha value is -2.10. The molecule has 0 aliphatic rings. The first-order valence-electron chi connectivity index (χ1n) is 6.17. The summed E-state index contributed by atoms with van der Waals surface area (Å²) in [6.45, 7) is 1.88. The smallest absolute Gasteiger partial charge is 0.251 e. The van der Waals surface area contributed by atoms with Gasteiger partial charge < -0.3 is 9.73 Å². The number of halogens is 1. The van der Waals surface area contributed by atoms with Crippen molar-refractivity contribution in [3.05, 3.63) is 59.0 Å². The number of alkyl halides is 1. The maximum atomic E-state index is 12.3. The number of aryl methyl sites for hydroxylation is 1. The Morgan fingerprint density at radius 1 is 1.21 bits per heavy atom. The summed E-state index contributed by atoms with van der Waals surface area (Å²) in [4.78, 5) is 11.8. The highest BCUT2D eigenvalue weighted by Crippen LogP contribution is 2.07. The summed E-state index contributed by atoms with van der Waals surface area (Å²) in [5.74, 6) is 1.56. The van der Waals surface area contributed by atoms with Crippen molar-refractivity contribution in [2.75, 3.05) is 6.54 Å². The summed E-state index contributed by atoms with van der Waals surface area (Å²) in [7, 11) is 0. The van der Waals surface area contributed by atoms with Crippen molar-refractivity contribution in [3.63, 3.8) is 0 Å². The fourth-order valence-corrected chi connectivity index (χ4v) is 1.77. The van der Waals surface area contributed by atoms with Crippen LogP contribution in [-0.2, 0) is 13.1 Å². The van der Waals surface area contributed by atoms with Crippen molar-refractivity contribution in [1.29, 1.82) is 0 Å². The third-order valence-corrected chi connectivity index (χ3v) is 2.82. The van der Waals surface area contributed by atoms with E-state index in [1.165, 1.54) is 0 Å². The topological polar surface area (TPSA) is 42.2 Å². The molecule has 0 atom stereocenters. The molecule has 1 amide bonds. The molecule has 0 aliphatic carbocycles. The molecule has 19 heavy (non-hydrogen) atoms. The average molecular weight is 261 g/mol. The van der Waals surface area contributed by atoms with Gasteiger partial charge in [-0.2, -0.15) is 0 Å². The van der Waals surface area contributed by atoms with Gasteiger partial charge in [0.2, 0.25) is 0 Å². The van der Waals surface area contributed by atoms with Crippen LogP contribution >= 0.6 is 0 Å². The largest absolute Gasteiger partial charge is 0.466 e. The Labute approximate surface area is 111 Å². The number of amides is 1.